The van der Waals surface area contributed by atoms with Crippen LogP contribution in [0.4, 0.5) is 0 Å². The lowest BCUT2D eigenvalue weighted by Gasteiger charge is -1.99. The molecule has 3 nitrogen and oxygen atoms in total. The Balaban J connectivity index is 2.23. The van der Waals surface area contributed by atoms with Crippen molar-refractivity contribution in [2.75, 3.05) is 0 Å². The van der Waals surface area contributed by atoms with Gasteiger partial charge in [0, 0.05) is 11.2 Å². The maximum absolute atomic E-state index is 5.20. The number of rotatable bonds is 2. The third kappa shape index (κ3) is 1.71. The highest BCUT2D eigenvalue weighted by molar-refractivity contribution is 7.71. The molecule has 5 heteroatoms. The van der Waals surface area contributed by atoms with Gasteiger partial charge in [0.25, 0.3) is 0 Å². The molecule has 86 valence electrons. The highest BCUT2D eigenvalue weighted by Gasteiger charge is 2.10. The molecule has 0 saturated heterocycles. The van der Waals surface area contributed by atoms with Gasteiger partial charge in [0.1, 0.15) is 0 Å². The van der Waals surface area contributed by atoms with Crippen molar-refractivity contribution >= 4 is 33.6 Å². The number of thiophene rings is 1. The van der Waals surface area contributed by atoms with Gasteiger partial charge in [-0.05, 0) is 36.7 Å². The van der Waals surface area contributed by atoms with Crippen LogP contribution >= 0.6 is 23.6 Å². The molecule has 17 heavy (non-hydrogen) atoms. The van der Waals surface area contributed by atoms with Gasteiger partial charge >= 0.3 is 0 Å². The first kappa shape index (κ1) is 10.7. The monoisotopic (exact) mass is 261 g/mol. The molecule has 0 spiro atoms. The molecule has 1 N–H and O–H groups in total. The second-order valence-electron chi connectivity index (χ2n) is 3.75. The molecule has 3 aromatic rings. The van der Waals surface area contributed by atoms with Crippen LogP contribution in [0.25, 0.3) is 20.8 Å². The van der Waals surface area contributed by atoms with Gasteiger partial charge in [-0.25, -0.2) is 0 Å². The zero-order chi connectivity index (χ0) is 11.8. The predicted octanol–water partition coefficient (Wildman–Crippen LogP) is 3.84. The van der Waals surface area contributed by atoms with E-state index in [-0.39, 0.29) is 0 Å². The standard InChI is InChI=1S/C12H11N3S2/c1-2-15-11(13-14-12(15)16)10-7-8-5-3-4-6-9(8)17-10/h3-7H,2H2,1H3,(H,14,16). The van der Waals surface area contributed by atoms with Crippen LogP contribution in [0.1, 0.15) is 6.92 Å². The van der Waals surface area contributed by atoms with E-state index in [4.69, 9.17) is 12.2 Å². The van der Waals surface area contributed by atoms with Gasteiger partial charge < -0.3 is 0 Å². The molecule has 0 amide bonds. The van der Waals surface area contributed by atoms with E-state index >= 15 is 0 Å². The number of nitrogens with one attached hydrogen (secondary N) is 1. The van der Waals surface area contributed by atoms with Crippen molar-refractivity contribution in [3.63, 3.8) is 0 Å². The van der Waals surface area contributed by atoms with Gasteiger partial charge in [0.05, 0.1) is 4.88 Å². The van der Waals surface area contributed by atoms with Crippen molar-refractivity contribution < 1.29 is 0 Å². The van der Waals surface area contributed by atoms with Crippen LogP contribution in [0.5, 0.6) is 0 Å². The van der Waals surface area contributed by atoms with E-state index in [2.05, 4.69) is 47.5 Å². The van der Waals surface area contributed by atoms with Crippen LogP contribution in [0, 0.1) is 4.77 Å². The van der Waals surface area contributed by atoms with Crippen LogP contribution < -0.4 is 0 Å². The highest BCUT2D eigenvalue weighted by Crippen LogP contribution is 2.32. The number of nitrogens with zero attached hydrogens (tertiary/aromatic N) is 2. The molecule has 0 atom stereocenters. The minimum absolute atomic E-state index is 0.681. The lowest BCUT2D eigenvalue weighted by atomic mass is 10.2. The summed E-state index contributed by atoms with van der Waals surface area (Å²) in [5.41, 5.74) is 0. The third-order valence-corrected chi connectivity index (χ3v) is 4.14. The largest absolute Gasteiger partial charge is 0.300 e. The lowest BCUT2D eigenvalue weighted by molar-refractivity contribution is 0.757. The molecular formula is C12H11N3S2. The fourth-order valence-corrected chi connectivity index (χ4v) is 3.21. The maximum Gasteiger partial charge on any atom is 0.195 e. The van der Waals surface area contributed by atoms with E-state index in [1.54, 1.807) is 11.3 Å². The first-order valence-corrected chi connectivity index (χ1v) is 6.66. The van der Waals surface area contributed by atoms with Gasteiger partial charge in [-0.3, -0.25) is 9.67 Å². The number of fused-ring (bicyclic) bond motifs is 1. The van der Waals surface area contributed by atoms with E-state index < -0.39 is 0 Å². The Morgan fingerprint density at radius 1 is 1.41 bits per heavy atom. The summed E-state index contributed by atoms with van der Waals surface area (Å²) in [4.78, 5) is 1.15. The molecule has 2 heterocycles. The predicted molar refractivity (Wildman–Crippen MR) is 73.9 cm³/mol. The molecule has 0 fully saturated rings. The average Bonchev–Trinajstić information content (AvgIpc) is 2.91. The Morgan fingerprint density at radius 2 is 2.24 bits per heavy atom. The second kappa shape index (κ2) is 4.09. The van der Waals surface area contributed by atoms with Crippen molar-refractivity contribution in [1.29, 1.82) is 0 Å². The molecule has 3 rings (SSSR count). The van der Waals surface area contributed by atoms with Crippen molar-refractivity contribution in [3.8, 4) is 10.7 Å². The fraction of sp³-hybridized carbons (Fsp3) is 0.167. The molecule has 2 aromatic heterocycles. The summed E-state index contributed by atoms with van der Waals surface area (Å²) < 4.78 is 3.97. The number of aromatic nitrogens is 3. The van der Waals surface area contributed by atoms with Crippen LogP contribution in [0.15, 0.2) is 30.3 Å². The summed E-state index contributed by atoms with van der Waals surface area (Å²) in [5.74, 6) is 0.929. The summed E-state index contributed by atoms with van der Waals surface area (Å²) in [6, 6.07) is 10.5. The molecule has 1 aromatic carbocycles. The molecule has 0 aliphatic carbocycles. The lowest BCUT2D eigenvalue weighted by Crippen LogP contribution is -1.95. The molecule has 0 aliphatic rings. The Hall–Kier alpha value is -1.46. The number of aromatic amines is 1. The quantitative estimate of drug-likeness (QED) is 0.711. The highest BCUT2D eigenvalue weighted by atomic mass is 32.1. The van der Waals surface area contributed by atoms with E-state index in [9.17, 15) is 0 Å². The number of benzene rings is 1. The van der Waals surface area contributed by atoms with E-state index in [0.717, 1.165) is 17.2 Å². The normalized spacial score (nSPS) is 11.1. The summed E-state index contributed by atoms with van der Waals surface area (Å²) in [7, 11) is 0. The summed E-state index contributed by atoms with van der Waals surface area (Å²) in [5, 5.41) is 8.42. The molecule has 0 aliphatic heterocycles. The van der Waals surface area contributed by atoms with Crippen LogP contribution in [0.3, 0.4) is 0 Å². The third-order valence-electron chi connectivity index (χ3n) is 2.72. The zero-order valence-electron chi connectivity index (χ0n) is 9.30. The smallest absolute Gasteiger partial charge is 0.195 e. The number of hydrogen-bond acceptors (Lipinski definition) is 3. The maximum atomic E-state index is 5.20. The van der Waals surface area contributed by atoms with Crippen molar-refractivity contribution in [2.24, 2.45) is 0 Å². The molecular weight excluding hydrogens is 250 g/mol. The Morgan fingerprint density at radius 3 is 3.00 bits per heavy atom. The van der Waals surface area contributed by atoms with Crippen molar-refractivity contribution in [3.05, 3.63) is 35.1 Å². The Labute approximate surface area is 108 Å². The summed E-state index contributed by atoms with van der Waals surface area (Å²) >= 11 is 6.95. The van der Waals surface area contributed by atoms with Gasteiger partial charge in [0.2, 0.25) is 0 Å². The molecule has 0 radical (unpaired) electrons. The molecule has 0 saturated carbocycles. The van der Waals surface area contributed by atoms with Gasteiger partial charge in [-0.15, -0.1) is 11.3 Å². The van der Waals surface area contributed by atoms with Crippen molar-refractivity contribution in [1.82, 2.24) is 14.8 Å². The topological polar surface area (TPSA) is 33.6 Å². The Kier molecular flexibility index (Phi) is 2.57. The minimum Gasteiger partial charge on any atom is -0.300 e. The van der Waals surface area contributed by atoms with Crippen LogP contribution in [-0.2, 0) is 6.54 Å². The fourth-order valence-electron chi connectivity index (χ4n) is 1.89. The van der Waals surface area contributed by atoms with Crippen molar-refractivity contribution in [2.45, 2.75) is 13.5 Å². The Bertz CT molecular complexity index is 688. The number of hydrogen-bond donors (Lipinski definition) is 1. The SMILES string of the molecule is CCn1c(-c2cc3ccccc3s2)n[nH]c1=S. The first-order valence-electron chi connectivity index (χ1n) is 5.43. The van der Waals surface area contributed by atoms with Gasteiger partial charge in [0.15, 0.2) is 10.6 Å². The van der Waals surface area contributed by atoms with E-state index in [0.29, 0.717) is 4.77 Å². The number of H-pyrrole nitrogens is 1. The average molecular weight is 261 g/mol. The van der Waals surface area contributed by atoms with E-state index in [1.807, 2.05) is 4.57 Å². The van der Waals surface area contributed by atoms with Crippen LogP contribution in [0.2, 0.25) is 0 Å². The van der Waals surface area contributed by atoms with Gasteiger partial charge in [-0.1, -0.05) is 18.2 Å². The molecule has 0 bridgehead atoms. The van der Waals surface area contributed by atoms with E-state index in [1.165, 1.54) is 10.1 Å². The minimum atomic E-state index is 0.681. The summed E-state index contributed by atoms with van der Waals surface area (Å²) in [6.07, 6.45) is 0. The molecule has 0 unspecified atom stereocenters. The second-order valence-corrected chi connectivity index (χ2v) is 5.22. The zero-order valence-corrected chi connectivity index (χ0v) is 10.9. The van der Waals surface area contributed by atoms with Crippen LogP contribution in [-0.4, -0.2) is 14.8 Å². The van der Waals surface area contributed by atoms with Gasteiger partial charge in [-0.2, -0.15) is 5.10 Å². The first-order chi connectivity index (χ1) is 8.29. The summed E-state index contributed by atoms with van der Waals surface area (Å²) in [6.45, 7) is 2.90.